The van der Waals surface area contributed by atoms with Crippen LogP contribution in [-0.2, 0) is 20.9 Å². The molecule has 2 aliphatic rings. The molecule has 2 fully saturated rings. The van der Waals surface area contributed by atoms with Crippen LogP contribution in [-0.4, -0.2) is 72.0 Å². The van der Waals surface area contributed by atoms with E-state index in [1.165, 1.54) is 41.5 Å². The number of carbonyl (C=O) groups is 2. The molecule has 2 aromatic carbocycles. The highest BCUT2D eigenvalue weighted by molar-refractivity contribution is 7.86. The number of piperidine rings is 1. The highest BCUT2D eigenvalue weighted by atomic mass is 32.2. The topological polar surface area (TPSA) is 90.0 Å². The zero-order chi connectivity index (χ0) is 29.4. The first kappa shape index (κ1) is 29.9. The molecule has 0 spiro atoms. The number of nitrogens with zero attached hydrogens (tertiary/aromatic N) is 3. The van der Waals surface area contributed by atoms with E-state index in [1.54, 1.807) is 0 Å². The van der Waals surface area contributed by atoms with Crippen molar-refractivity contribution in [3.8, 4) is 0 Å². The third-order valence-corrected chi connectivity index (χ3v) is 9.31. The number of hydrogen-bond acceptors (Lipinski definition) is 4. The van der Waals surface area contributed by atoms with Gasteiger partial charge in [-0.05, 0) is 75.6 Å². The van der Waals surface area contributed by atoms with Crippen molar-refractivity contribution >= 4 is 27.7 Å². The van der Waals surface area contributed by atoms with Gasteiger partial charge >= 0.3 is 5.92 Å². The Balaban J connectivity index is 1.53. The van der Waals surface area contributed by atoms with Crippen LogP contribution in [0.4, 0.5) is 23.2 Å². The molecule has 4 rings (SSSR count). The number of hydrogen-bond donors (Lipinski definition) is 1. The number of nitrogens with one attached hydrogen (secondary N) is 1. The van der Waals surface area contributed by atoms with Crippen LogP contribution in [0.15, 0.2) is 36.4 Å². The Bertz CT molecular complexity index is 1390. The summed E-state index contributed by atoms with van der Waals surface area (Å²) in [5.41, 5.74) is -1.15. The zero-order valence-electron chi connectivity index (χ0n) is 22.5. The number of benzene rings is 2. The highest BCUT2D eigenvalue weighted by Crippen LogP contribution is 2.36. The smallest absolute Gasteiger partial charge is 0.329 e. The summed E-state index contributed by atoms with van der Waals surface area (Å²) in [5.74, 6) is -8.75. The summed E-state index contributed by atoms with van der Waals surface area (Å²) in [6.07, 6.45) is 2.41. The van der Waals surface area contributed by atoms with Crippen LogP contribution in [0.3, 0.4) is 0 Å². The molecule has 2 amide bonds. The average Bonchev–Trinajstić information content (AvgIpc) is 2.90. The third kappa shape index (κ3) is 5.86. The fourth-order valence-electron chi connectivity index (χ4n) is 5.23. The normalized spacial score (nSPS) is 21.3. The largest absolute Gasteiger partial charge is 0.352 e. The Hall–Kier alpha value is -3.03. The van der Waals surface area contributed by atoms with E-state index >= 15 is 8.78 Å². The molecule has 2 atom stereocenters. The number of piperazine rings is 1. The van der Waals surface area contributed by atoms with E-state index in [4.69, 9.17) is 0 Å². The van der Waals surface area contributed by atoms with E-state index in [0.717, 1.165) is 36.3 Å². The van der Waals surface area contributed by atoms with E-state index in [2.05, 4.69) is 5.32 Å². The number of amides is 2. The van der Waals surface area contributed by atoms with E-state index in [9.17, 15) is 26.8 Å². The highest BCUT2D eigenvalue weighted by Gasteiger charge is 2.51. The lowest BCUT2D eigenvalue weighted by Crippen LogP contribution is -2.63. The molecule has 8 nitrogen and oxygen atoms in total. The number of aryl methyl sites for hydroxylation is 1. The van der Waals surface area contributed by atoms with E-state index in [0.29, 0.717) is 25.2 Å². The number of anilines is 1. The van der Waals surface area contributed by atoms with Gasteiger partial charge in [0.25, 0.3) is 22.0 Å². The number of carbonyl (C=O) groups excluding carboxylic acids is 2. The fourth-order valence-corrected chi connectivity index (χ4v) is 7.09. The van der Waals surface area contributed by atoms with Crippen molar-refractivity contribution in [2.24, 2.45) is 0 Å². The Morgan fingerprint density at radius 3 is 2.10 bits per heavy atom. The van der Waals surface area contributed by atoms with E-state index < -0.39 is 57.2 Å². The molecule has 13 heteroatoms. The Labute approximate surface area is 231 Å². The van der Waals surface area contributed by atoms with Crippen molar-refractivity contribution in [3.63, 3.8) is 0 Å². The minimum Gasteiger partial charge on any atom is -0.329 e. The molecule has 0 radical (unpaired) electrons. The van der Waals surface area contributed by atoms with Crippen molar-refractivity contribution in [2.45, 2.75) is 58.0 Å². The lowest BCUT2D eigenvalue weighted by Gasteiger charge is -2.46. The summed E-state index contributed by atoms with van der Waals surface area (Å²) in [5, 5.41) is 2.44. The van der Waals surface area contributed by atoms with Crippen LogP contribution in [0.1, 0.15) is 54.6 Å². The van der Waals surface area contributed by atoms with Gasteiger partial charge in [0.05, 0.1) is 5.56 Å². The summed E-state index contributed by atoms with van der Waals surface area (Å²) in [7, 11) is -3.82. The summed E-state index contributed by atoms with van der Waals surface area (Å²) in [6, 6.07) is 4.23. The molecule has 0 bridgehead atoms. The minimum absolute atomic E-state index is 0.187. The van der Waals surface area contributed by atoms with E-state index in [-0.39, 0.29) is 29.9 Å². The second-order valence-corrected chi connectivity index (χ2v) is 12.3. The van der Waals surface area contributed by atoms with Gasteiger partial charge in [0.2, 0.25) is 0 Å². The quantitative estimate of drug-likeness (QED) is 0.514. The zero-order valence-corrected chi connectivity index (χ0v) is 23.3. The van der Waals surface area contributed by atoms with Crippen molar-refractivity contribution in [2.75, 3.05) is 31.5 Å². The van der Waals surface area contributed by atoms with Crippen molar-refractivity contribution in [1.82, 2.24) is 13.5 Å². The number of alkyl halides is 2. The van der Waals surface area contributed by atoms with Crippen molar-refractivity contribution < 1.29 is 35.6 Å². The second-order valence-electron chi connectivity index (χ2n) is 10.4. The molecule has 2 heterocycles. The molecule has 2 aromatic rings. The standard InChI is InChI=1S/C27H32F4N4O4S/c1-17-13-21(8-10-23(17)28)32-25(36)20-7-9-24(29)22(14-20)27(30,31)26(37)35-18(2)15-34(16-19(35)3)40(38,39)33-11-5-4-6-12-33/h7-10,13-14,18-19H,4-6,11-12,15-16H2,1-3H3,(H,32,36)/t18-,19+. The minimum atomic E-state index is -4.34. The molecule has 0 unspecified atom stereocenters. The lowest BCUT2D eigenvalue weighted by atomic mass is 10.0. The first-order valence-electron chi connectivity index (χ1n) is 13.1. The van der Waals surface area contributed by atoms with Crippen LogP contribution in [0.2, 0.25) is 0 Å². The maximum absolute atomic E-state index is 15.6. The van der Waals surface area contributed by atoms with Gasteiger partial charge in [-0.25, -0.2) is 8.78 Å². The summed E-state index contributed by atoms with van der Waals surface area (Å²) < 4.78 is 88.2. The average molecular weight is 585 g/mol. The maximum Gasteiger partial charge on any atom is 0.352 e. The predicted molar refractivity (Wildman–Crippen MR) is 141 cm³/mol. The van der Waals surface area contributed by atoms with Gasteiger partial charge in [0.1, 0.15) is 11.6 Å². The Morgan fingerprint density at radius 1 is 0.900 bits per heavy atom. The summed E-state index contributed by atoms with van der Waals surface area (Å²) in [4.78, 5) is 26.8. The van der Waals surface area contributed by atoms with Gasteiger partial charge in [-0.2, -0.15) is 25.8 Å². The second kappa shape index (κ2) is 11.5. The molecule has 0 saturated carbocycles. The molecule has 218 valence electrons. The molecule has 40 heavy (non-hydrogen) atoms. The SMILES string of the molecule is Cc1cc(NC(=O)c2ccc(F)c(C(F)(F)C(=O)N3[C@H](C)CN(S(=O)(=O)N4CCCCC4)C[C@@H]3C)c2)ccc1F. The molecule has 2 aliphatic heterocycles. The molecular weight excluding hydrogens is 552 g/mol. The molecular formula is C27H32F4N4O4S. The van der Waals surface area contributed by atoms with Crippen LogP contribution in [0.25, 0.3) is 0 Å². The number of rotatable bonds is 6. The molecule has 2 saturated heterocycles. The number of halogens is 4. The summed E-state index contributed by atoms with van der Waals surface area (Å²) in [6.45, 7) is 4.80. The van der Waals surface area contributed by atoms with Gasteiger partial charge in [-0.3, -0.25) is 9.59 Å². The van der Waals surface area contributed by atoms with Crippen molar-refractivity contribution in [1.29, 1.82) is 0 Å². The Morgan fingerprint density at radius 2 is 1.50 bits per heavy atom. The first-order valence-corrected chi connectivity index (χ1v) is 14.5. The van der Waals surface area contributed by atoms with Crippen LogP contribution >= 0.6 is 0 Å². The first-order chi connectivity index (χ1) is 18.7. The predicted octanol–water partition coefficient (Wildman–Crippen LogP) is 4.27. The summed E-state index contributed by atoms with van der Waals surface area (Å²) >= 11 is 0. The van der Waals surface area contributed by atoms with Gasteiger partial charge in [0, 0.05) is 49.5 Å². The molecule has 0 aromatic heterocycles. The molecule has 1 N–H and O–H groups in total. The van der Waals surface area contributed by atoms with Crippen LogP contribution < -0.4 is 5.32 Å². The fraction of sp³-hybridized carbons (Fsp3) is 0.481. The monoisotopic (exact) mass is 584 g/mol. The van der Waals surface area contributed by atoms with Crippen molar-refractivity contribution in [3.05, 3.63) is 64.7 Å². The Kier molecular flexibility index (Phi) is 8.57. The third-order valence-electron chi connectivity index (χ3n) is 7.34. The van der Waals surface area contributed by atoms with Gasteiger partial charge in [0.15, 0.2) is 0 Å². The van der Waals surface area contributed by atoms with E-state index in [1.807, 2.05) is 0 Å². The van der Waals surface area contributed by atoms with Gasteiger partial charge in [-0.15, -0.1) is 0 Å². The van der Waals surface area contributed by atoms with Gasteiger partial charge < -0.3 is 10.2 Å². The maximum atomic E-state index is 15.6. The van der Waals surface area contributed by atoms with Crippen LogP contribution in [0, 0.1) is 18.6 Å². The van der Waals surface area contributed by atoms with Gasteiger partial charge in [-0.1, -0.05) is 6.42 Å². The van der Waals surface area contributed by atoms with Crippen LogP contribution in [0.5, 0.6) is 0 Å². The lowest BCUT2D eigenvalue weighted by molar-refractivity contribution is -0.166. The molecule has 0 aliphatic carbocycles.